The van der Waals surface area contributed by atoms with Crippen molar-refractivity contribution in [2.24, 2.45) is 0 Å². The number of carbonyl (C=O) groups excluding carboxylic acids is 1. The van der Waals surface area contributed by atoms with Crippen LogP contribution in [0.1, 0.15) is 20.8 Å². The third kappa shape index (κ3) is 4.69. The SMILES string of the molecule is O=C([O-])c1cccc(-c2cccc3cc(Cc4ccc(=O)n(CC(F)(F)F)c4)sc23)c1. The van der Waals surface area contributed by atoms with Crippen LogP contribution in [-0.4, -0.2) is 16.7 Å². The smallest absolute Gasteiger partial charge is 0.406 e. The van der Waals surface area contributed by atoms with Crippen LogP contribution >= 0.6 is 11.3 Å². The van der Waals surface area contributed by atoms with Crippen LogP contribution in [0.15, 0.2) is 71.7 Å². The predicted molar refractivity (Wildman–Crippen MR) is 111 cm³/mol. The van der Waals surface area contributed by atoms with E-state index in [1.807, 2.05) is 30.3 Å². The van der Waals surface area contributed by atoms with Crippen LogP contribution in [-0.2, 0) is 13.0 Å². The Morgan fingerprint density at radius 3 is 2.55 bits per heavy atom. The van der Waals surface area contributed by atoms with Gasteiger partial charge >= 0.3 is 6.18 Å². The van der Waals surface area contributed by atoms with Gasteiger partial charge in [0.05, 0.1) is 5.97 Å². The van der Waals surface area contributed by atoms with Gasteiger partial charge in [-0.1, -0.05) is 42.5 Å². The van der Waals surface area contributed by atoms with E-state index < -0.39 is 24.2 Å². The summed E-state index contributed by atoms with van der Waals surface area (Å²) in [7, 11) is 0. The number of thiophene rings is 1. The van der Waals surface area contributed by atoms with Gasteiger partial charge in [0.15, 0.2) is 0 Å². The van der Waals surface area contributed by atoms with Gasteiger partial charge in [0.2, 0.25) is 0 Å². The van der Waals surface area contributed by atoms with Crippen LogP contribution in [0.2, 0.25) is 0 Å². The molecule has 4 nitrogen and oxygen atoms in total. The van der Waals surface area contributed by atoms with E-state index in [9.17, 15) is 27.9 Å². The van der Waals surface area contributed by atoms with Crippen molar-refractivity contribution in [1.29, 1.82) is 0 Å². The van der Waals surface area contributed by atoms with Gasteiger partial charge in [0.1, 0.15) is 6.54 Å². The first-order valence-electron chi connectivity index (χ1n) is 9.29. The second kappa shape index (κ2) is 8.03. The molecule has 4 rings (SSSR count). The van der Waals surface area contributed by atoms with Gasteiger partial charge in [-0.3, -0.25) is 4.79 Å². The highest BCUT2D eigenvalue weighted by Gasteiger charge is 2.28. The maximum Gasteiger partial charge on any atom is 0.406 e. The van der Waals surface area contributed by atoms with Crippen molar-refractivity contribution in [1.82, 2.24) is 4.57 Å². The molecular weight excluding hydrogens is 427 g/mol. The number of benzene rings is 2. The Kier molecular flexibility index (Phi) is 5.41. The summed E-state index contributed by atoms with van der Waals surface area (Å²) < 4.78 is 39.7. The standard InChI is InChI=1S/C23H16F3NO3S/c24-23(25,26)13-27-12-14(7-8-20(27)28)9-18-11-16-4-2-6-19(21(16)31-18)15-3-1-5-17(10-15)22(29)30/h1-8,10-12H,9,13H2,(H,29,30)/p-1. The highest BCUT2D eigenvalue weighted by molar-refractivity contribution is 7.19. The molecule has 0 spiro atoms. The van der Waals surface area contributed by atoms with Crippen molar-refractivity contribution in [3.8, 4) is 11.1 Å². The van der Waals surface area contributed by atoms with E-state index in [2.05, 4.69) is 0 Å². The van der Waals surface area contributed by atoms with Crippen molar-refractivity contribution in [2.45, 2.75) is 19.1 Å². The van der Waals surface area contributed by atoms with E-state index in [-0.39, 0.29) is 5.56 Å². The van der Waals surface area contributed by atoms with Gasteiger partial charge in [0.25, 0.3) is 5.56 Å². The Morgan fingerprint density at radius 2 is 1.81 bits per heavy atom. The zero-order valence-electron chi connectivity index (χ0n) is 16.0. The molecule has 8 heteroatoms. The van der Waals surface area contributed by atoms with Crippen molar-refractivity contribution < 1.29 is 23.1 Å². The summed E-state index contributed by atoms with van der Waals surface area (Å²) in [5.74, 6) is -1.25. The number of carboxylic acid groups (broad SMARTS) is 1. The molecule has 2 aromatic carbocycles. The number of carboxylic acids is 1. The topological polar surface area (TPSA) is 62.1 Å². The lowest BCUT2D eigenvalue weighted by Crippen LogP contribution is -2.27. The molecule has 0 fully saturated rings. The van der Waals surface area contributed by atoms with Crippen molar-refractivity contribution >= 4 is 27.4 Å². The van der Waals surface area contributed by atoms with Crippen molar-refractivity contribution in [2.75, 3.05) is 0 Å². The number of hydrogen-bond acceptors (Lipinski definition) is 4. The maximum absolute atomic E-state index is 12.7. The van der Waals surface area contributed by atoms with Crippen LogP contribution in [0, 0.1) is 0 Å². The van der Waals surface area contributed by atoms with Crippen LogP contribution in [0.25, 0.3) is 21.2 Å². The number of pyridine rings is 1. The molecular formula is C23H15F3NO3S-. The quantitative estimate of drug-likeness (QED) is 0.464. The van der Waals surface area contributed by atoms with E-state index >= 15 is 0 Å². The molecule has 4 aromatic rings. The van der Waals surface area contributed by atoms with Crippen LogP contribution in [0.3, 0.4) is 0 Å². The Morgan fingerprint density at radius 1 is 1.03 bits per heavy atom. The van der Waals surface area contributed by atoms with E-state index in [1.165, 1.54) is 29.7 Å². The zero-order chi connectivity index (χ0) is 22.2. The molecule has 31 heavy (non-hydrogen) atoms. The first-order chi connectivity index (χ1) is 14.7. The third-order valence-corrected chi connectivity index (χ3v) is 5.96. The summed E-state index contributed by atoms with van der Waals surface area (Å²) in [5.41, 5.74) is 1.57. The number of aromatic nitrogens is 1. The second-order valence-corrected chi connectivity index (χ2v) is 8.24. The van der Waals surface area contributed by atoms with Gasteiger partial charge in [-0.15, -0.1) is 11.3 Å². The zero-order valence-corrected chi connectivity index (χ0v) is 16.8. The number of alkyl halides is 3. The molecule has 0 radical (unpaired) electrons. The fourth-order valence-electron chi connectivity index (χ4n) is 3.45. The highest BCUT2D eigenvalue weighted by atomic mass is 32.1. The largest absolute Gasteiger partial charge is 0.545 e. The summed E-state index contributed by atoms with van der Waals surface area (Å²) in [4.78, 5) is 23.8. The molecule has 0 amide bonds. The molecule has 0 N–H and O–H groups in total. The van der Waals surface area contributed by atoms with Crippen LogP contribution in [0.5, 0.6) is 0 Å². The molecule has 0 bridgehead atoms. The van der Waals surface area contributed by atoms with E-state index in [0.717, 1.165) is 32.2 Å². The molecule has 0 saturated heterocycles. The van der Waals surface area contributed by atoms with Gasteiger partial charge in [-0.2, -0.15) is 13.2 Å². The minimum atomic E-state index is -4.48. The monoisotopic (exact) mass is 442 g/mol. The minimum absolute atomic E-state index is 0.0817. The second-order valence-electron chi connectivity index (χ2n) is 7.10. The maximum atomic E-state index is 12.7. The highest BCUT2D eigenvalue weighted by Crippen LogP contribution is 2.36. The van der Waals surface area contributed by atoms with E-state index in [0.29, 0.717) is 16.6 Å². The van der Waals surface area contributed by atoms with Crippen molar-refractivity contribution in [3.63, 3.8) is 0 Å². The number of aromatic carboxylic acids is 1. The molecule has 0 aliphatic carbocycles. The first-order valence-corrected chi connectivity index (χ1v) is 10.1. The average molecular weight is 442 g/mol. The van der Waals surface area contributed by atoms with Crippen LogP contribution < -0.4 is 10.7 Å². The number of halogens is 3. The van der Waals surface area contributed by atoms with Gasteiger partial charge in [0, 0.05) is 28.3 Å². The molecule has 0 saturated carbocycles. The Bertz CT molecular complexity index is 1340. The first kappa shape index (κ1) is 20.9. The van der Waals surface area contributed by atoms with Gasteiger partial charge in [-0.25, -0.2) is 0 Å². The number of carbonyl (C=O) groups is 1. The lowest BCUT2D eigenvalue weighted by atomic mass is 10.0. The molecule has 2 heterocycles. The van der Waals surface area contributed by atoms with E-state index in [1.54, 1.807) is 12.1 Å². The molecule has 0 atom stereocenters. The fraction of sp³-hybridized carbons (Fsp3) is 0.130. The van der Waals surface area contributed by atoms with Gasteiger partial charge in [-0.05, 0) is 39.8 Å². The summed E-state index contributed by atoms with van der Waals surface area (Å²) in [6, 6.07) is 16.8. The number of nitrogens with zero attached hydrogens (tertiary/aromatic N) is 1. The minimum Gasteiger partial charge on any atom is -0.545 e. The summed E-state index contributed by atoms with van der Waals surface area (Å²) >= 11 is 1.48. The van der Waals surface area contributed by atoms with Crippen LogP contribution in [0.4, 0.5) is 13.2 Å². The molecule has 2 aromatic heterocycles. The Balaban J connectivity index is 1.69. The molecule has 0 aliphatic rings. The summed E-state index contributed by atoms with van der Waals surface area (Å²) in [5, 5.41) is 12.1. The molecule has 0 aliphatic heterocycles. The lowest BCUT2D eigenvalue weighted by molar-refractivity contribution is -0.255. The Hall–Kier alpha value is -3.39. The van der Waals surface area contributed by atoms with E-state index in [4.69, 9.17) is 0 Å². The molecule has 0 unspecified atom stereocenters. The number of hydrogen-bond donors (Lipinski definition) is 0. The summed E-state index contributed by atoms with van der Waals surface area (Å²) in [6.07, 6.45) is -2.87. The molecule has 158 valence electrons. The average Bonchev–Trinajstić information content (AvgIpc) is 3.12. The number of rotatable bonds is 5. The Labute approximate surface area is 178 Å². The normalized spacial score (nSPS) is 11.7. The third-order valence-electron chi connectivity index (χ3n) is 4.78. The van der Waals surface area contributed by atoms with Crippen molar-refractivity contribution in [3.05, 3.63) is 93.2 Å². The number of fused-ring (bicyclic) bond motifs is 1. The van der Waals surface area contributed by atoms with Gasteiger partial charge < -0.3 is 14.5 Å². The lowest BCUT2D eigenvalue weighted by Gasteiger charge is -2.10. The summed E-state index contributed by atoms with van der Waals surface area (Å²) in [6.45, 7) is -1.33. The predicted octanol–water partition coefficient (Wildman–Crippen LogP) is 4.25. The fourth-order valence-corrected chi connectivity index (χ4v) is 4.68.